The number of rotatable bonds is 7. The normalized spacial score (nSPS) is 15.5. The van der Waals surface area contributed by atoms with Crippen molar-refractivity contribution in [1.29, 1.82) is 0 Å². The highest BCUT2D eigenvalue weighted by Crippen LogP contribution is 2.30. The molecule has 1 fully saturated rings. The molecule has 1 atom stereocenters. The van der Waals surface area contributed by atoms with Crippen molar-refractivity contribution in [3.05, 3.63) is 29.8 Å². The van der Waals surface area contributed by atoms with Crippen LogP contribution in [0.2, 0.25) is 0 Å². The topological polar surface area (TPSA) is 63.5 Å². The van der Waals surface area contributed by atoms with E-state index >= 15 is 0 Å². The maximum Gasteiger partial charge on any atom is 0.235 e. The molecule has 0 radical (unpaired) electrons. The molecule has 0 saturated carbocycles. The smallest absolute Gasteiger partial charge is 0.235 e. The zero-order valence-electron chi connectivity index (χ0n) is 17.1. The summed E-state index contributed by atoms with van der Waals surface area (Å²) < 4.78 is 7.54. The molecule has 2 aromatic rings. The second-order valence-corrected chi connectivity index (χ2v) is 8.13. The Morgan fingerprint density at radius 1 is 1.18 bits per heavy atom. The zero-order valence-corrected chi connectivity index (χ0v) is 17.9. The maximum atomic E-state index is 12.7. The van der Waals surface area contributed by atoms with Crippen LogP contribution < -0.4 is 4.90 Å². The second kappa shape index (κ2) is 9.43. The van der Waals surface area contributed by atoms with Gasteiger partial charge in [0.15, 0.2) is 5.16 Å². The lowest BCUT2D eigenvalue weighted by Crippen LogP contribution is -2.38. The number of carbonyl (C=O) groups excluding carboxylic acids is 1. The summed E-state index contributed by atoms with van der Waals surface area (Å²) in [6, 6.07) is 8.31. The van der Waals surface area contributed by atoms with Crippen molar-refractivity contribution in [2.75, 3.05) is 44.3 Å². The lowest BCUT2D eigenvalue weighted by atomic mass is 10.2. The molecular formula is C20H29N5O2S. The molecule has 7 nitrogen and oxygen atoms in total. The van der Waals surface area contributed by atoms with E-state index in [2.05, 4.69) is 50.9 Å². The molecule has 1 aliphatic heterocycles. The lowest BCUT2D eigenvalue weighted by molar-refractivity contribution is -0.129. The number of aryl methyl sites for hydroxylation is 1. The standard InChI is InChI=1S/C20H29N5O2S/c1-5-23(6-2)18(26)16(4)28-20-22-21-19(24-11-13-27-14-12-24)25(20)17-9-7-15(3)8-10-17/h7-10,16H,5-6,11-14H2,1-4H3. The molecule has 1 aliphatic rings. The Bertz CT molecular complexity index is 782. The zero-order chi connectivity index (χ0) is 20.1. The van der Waals surface area contributed by atoms with E-state index in [0.717, 1.165) is 29.9 Å². The predicted molar refractivity (Wildman–Crippen MR) is 112 cm³/mol. The number of hydrogen-bond donors (Lipinski definition) is 0. The van der Waals surface area contributed by atoms with Crippen molar-refractivity contribution in [1.82, 2.24) is 19.7 Å². The molecule has 1 amide bonds. The molecule has 28 heavy (non-hydrogen) atoms. The third-order valence-electron chi connectivity index (χ3n) is 4.91. The van der Waals surface area contributed by atoms with E-state index in [4.69, 9.17) is 4.74 Å². The molecule has 1 unspecified atom stereocenters. The van der Waals surface area contributed by atoms with Crippen molar-refractivity contribution in [3.8, 4) is 5.69 Å². The van der Waals surface area contributed by atoms with Crippen LogP contribution in [0.5, 0.6) is 0 Å². The van der Waals surface area contributed by atoms with Crippen molar-refractivity contribution in [3.63, 3.8) is 0 Å². The minimum Gasteiger partial charge on any atom is -0.378 e. The molecule has 1 aromatic carbocycles. The van der Waals surface area contributed by atoms with Gasteiger partial charge in [-0.25, -0.2) is 0 Å². The van der Waals surface area contributed by atoms with E-state index < -0.39 is 0 Å². The van der Waals surface area contributed by atoms with E-state index in [1.165, 1.54) is 17.3 Å². The molecule has 2 heterocycles. The predicted octanol–water partition coefficient (Wildman–Crippen LogP) is 2.76. The molecule has 1 saturated heterocycles. The number of morpholine rings is 1. The molecule has 3 rings (SSSR count). The van der Waals surface area contributed by atoms with Gasteiger partial charge < -0.3 is 14.5 Å². The van der Waals surface area contributed by atoms with E-state index in [9.17, 15) is 4.79 Å². The van der Waals surface area contributed by atoms with Crippen LogP contribution in [0.15, 0.2) is 29.4 Å². The van der Waals surface area contributed by atoms with Crippen molar-refractivity contribution < 1.29 is 9.53 Å². The first-order chi connectivity index (χ1) is 13.5. The summed E-state index contributed by atoms with van der Waals surface area (Å²) in [4.78, 5) is 16.8. The number of thioether (sulfide) groups is 1. The summed E-state index contributed by atoms with van der Waals surface area (Å²) in [5, 5.41) is 9.42. The highest BCUT2D eigenvalue weighted by Gasteiger charge is 2.26. The van der Waals surface area contributed by atoms with Gasteiger partial charge in [0.05, 0.1) is 24.2 Å². The molecule has 1 aromatic heterocycles. The van der Waals surface area contributed by atoms with E-state index in [1.807, 2.05) is 25.7 Å². The average molecular weight is 404 g/mol. The Balaban J connectivity index is 1.93. The Morgan fingerprint density at radius 3 is 2.43 bits per heavy atom. The van der Waals surface area contributed by atoms with Gasteiger partial charge in [0.2, 0.25) is 11.9 Å². The number of hydrogen-bond acceptors (Lipinski definition) is 6. The van der Waals surface area contributed by atoms with Crippen molar-refractivity contribution in [2.24, 2.45) is 0 Å². The summed E-state index contributed by atoms with van der Waals surface area (Å²) in [7, 11) is 0. The van der Waals surface area contributed by atoms with Gasteiger partial charge in [0.1, 0.15) is 0 Å². The largest absolute Gasteiger partial charge is 0.378 e. The summed E-state index contributed by atoms with van der Waals surface area (Å²) in [5.74, 6) is 0.929. The van der Waals surface area contributed by atoms with Gasteiger partial charge in [-0.15, -0.1) is 10.2 Å². The fourth-order valence-electron chi connectivity index (χ4n) is 3.23. The second-order valence-electron chi connectivity index (χ2n) is 6.82. The number of anilines is 1. The molecule has 0 bridgehead atoms. The van der Waals surface area contributed by atoms with Crippen LogP contribution >= 0.6 is 11.8 Å². The van der Waals surface area contributed by atoms with E-state index in [1.54, 1.807) is 0 Å². The fourth-order valence-corrected chi connectivity index (χ4v) is 4.17. The van der Waals surface area contributed by atoms with E-state index in [-0.39, 0.29) is 11.2 Å². The Kier molecular flexibility index (Phi) is 6.96. The molecule has 0 N–H and O–H groups in total. The molecule has 152 valence electrons. The average Bonchev–Trinajstić information content (AvgIpc) is 3.13. The summed E-state index contributed by atoms with van der Waals surface area (Å²) in [6.45, 7) is 12.4. The third kappa shape index (κ3) is 4.50. The van der Waals surface area contributed by atoms with Gasteiger partial charge in [-0.3, -0.25) is 9.36 Å². The first-order valence-electron chi connectivity index (χ1n) is 9.85. The first-order valence-corrected chi connectivity index (χ1v) is 10.7. The number of amides is 1. The van der Waals surface area contributed by atoms with Crippen LogP contribution in [0.25, 0.3) is 5.69 Å². The van der Waals surface area contributed by atoms with E-state index in [0.29, 0.717) is 26.3 Å². The number of benzene rings is 1. The Labute approximate surface area is 171 Å². The van der Waals surface area contributed by atoms with Crippen LogP contribution in [0.4, 0.5) is 5.95 Å². The van der Waals surface area contributed by atoms with Gasteiger partial charge in [0.25, 0.3) is 0 Å². The monoisotopic (exact) mass is 403 g/mol. The summed E-state index contributed by atoms with van der Waals surface area (Å²) >= 11 is 1.46. The SMILES string of the molecule is CCN(CC)C(=O)C(C)Sc1nnc(N2CCOCC2)n1-c1ccc(C)cc1. The molecular weight excluding hydrogens is 374 g/mol. The highest BCUT2D eigenvalue weighted by atomic mass is 32.2. The van der Waals surface area contributed by atoms with Gasteiger partial charge >= 0.3 is 0 Å². The van der Waals surface area contributed by atoms with Crippen LogP contribution in [-0.2, 0) is 9.53 Å². The summed E-state index contributed by atoms with van der Waals surface area (Å²) in [5.41, 5.74) is 2.20. The third-order valence-corrected chi connectivity index (χ3v) is 5.94. The molecule has 8 heteroatoms. The number of carbonyl (C=O) groups is 1. The van der Waals surface area contributed by atoms with Crippen LogP contribution in [-0.4, -0.2) is 70.2 Å². The van der Waals surface area contributed by atoms with Gasteiger partial charge in [-0.2, -0.15) is 0 Å². The maximum absolute atomic E-state index is 12.7. The lowest BCUT2D eigenvalue weighted by Gasteiger charge is -2.28. The Morgan fingerprint density at radius 2 is 1.82 bits per heavy atom. The fraction of sp³-hybridized carbons (Fsp3) is 0.550. The van der Waals surface area contributed by atoms with Crippen molar-refractivity contribution in [2.45, 2.75) is 38.1 Å². The molecule has 0 spiro atoms. The first kappa shape index (κ1) is 20.7. The number of ether oxygens (including phenoxy) is 1. The molecule has 0 aliphatic carbocycles. The quantitative estimate of drug-likeness (QED) is 0.663. The van der Waals surface area contributed by atoms with Gasteiger partial charge in [0, 0.05) is 26.2 Å². The number of nitrogens with zero attached hydrogens (tertiary/aromatic N) is 5. The minimum atomic E-state index is -0.231. The van der Waals surface area contributed by atoms with Crippen LogP contribution in [0, 0.1) is 6.92 Å². The van der Waals surface area contributed by atoms with Gasteiger partial charge in [-0.1, -0.05) is 29.5 Å². The minimum absolute atomic E-state index is 0.126. The van der Waals surface area contributed by atoms with Gasteiger partial charge in [-0.05, 0) is 39.8 Å². The Hall–Kier alpha value is -2.06. The summed E-state index contributed by atoms with van der Waals surface area (Å²) in [6.07, 6.45) is 0. The van der Waals surface area contributed by atoms with Crippen LogP contribution in [0.1, 0.15) is 26.3 Å². The van der Waals surface area contributed by atoms with Crippen molar-refractivity contribution >= 4 is 23.6 Å². The number of aromatic nitrogens is 3. The highest BCUT2D eigenvalue weighted by molar-refractivity contribution is 8.00. The van der Waals surface area contributed by atoms with Crippen LogP contribution in [0.3, 0.4) is 0 Å².